The van der Waals surface area contributed by atoms with Crippen LogP contribution in [0.3, 0.4) is 0 Å². The van der Waals surface area contributed by atoms with Gasteiger partial charge in [0.2, 0.25) is 15.9 Å². The Bertz CT molecular complexity index is 1060. The van der Waals surface area contributed by atoms with Gasteiger partial charge in [0.25, 0.3) is 0 Å². The van der Waals surface area contributed by atoms with Crippen LogP contribution in [0.2, 0.25) is 0 Å². The number of hydrogen-bond donors (Lipinski definition) is 2. The molecule has 2 aromatic rings. The number of aliphatic hydroxyl groups is 1. The van der Waals surface area contributed by atoms with Crippen LogP contribution in [0.4, 0.5) is 4.39 Å². The first-order valence-electron chi connectivity index (χ1n) is 10.7. The molecule has 2 aliphatic rings. The first-order valence-corrected chi connectivity index (χ1v) is 12.2. The molecule has 0 unspecified atom stereocenters. The number of sulfonamides is 1. The molecule has 1 amide bonds. The summed E-state index contributed by atoms with van der Waals surface area (Å²) in [6.45, 7) is 0.857. The van der Waals surface area contributed by atoms with Crippen molar-refractivity contribution >= 4 is 15.9 Å². The fourth-order valence-electron chi connectivity index (χ4n) is 4.33. The molecule has 0 aromatic heterocycles. The number of carbonyl (C=O) groups is 1. The van der Waals surface area contributed by atoms with E-state index < -0.39 is 28.0 Å². The summed E-state index contributed by atoms with van der Waals surface area (Å²) in [4.78, 5) is 14.6. The van der Waals surface area contributed by atoms with Crippen molar-refractivity contribution in [2.75, 3.05) is 13.2 Å². The molecule has 2 aliphatic heterocycles. The van der Waals surface area contributed by atoms with Crippen molar-refractivity contribution in [3.8, 4) is 0 Å². The van der Waals surface area contributed by atoms with E-state index in [9.17, 15) is 22.7 Å². The Hall–Kier alpha value is -2.33. The fraction of sp³-hybridized carbons (Fsp3) is 0.435. The van der Waals surface area contributed by atoms with E-state index in [2.05, 4.69) is 10.8 Å². The van der Waals surface area contributed by atoms with E-state index in [1.807, 2.05) is 23.1 Å². The summed E-state index contributed by atoms with van der Waals surface area (Å²) in [5, 5.41) is 9.77. The maximum absolute atomic E-state index is 13.1. The number of benzene rings is 2. The number of amides is 1. The molecule has 2 heterocycles. The van der Waals surface area contributed by atoms with Gasteiger partial charge < -0.3 is 14.7 Å². The predicted molar refractivity (Wildman–Crippen MR) is 116 cm³/mol. The Labute approximate surface area is 187 Å². The van der Waals surface area contributed by atoms with Gasteiger partial charge in [-0.2, -0.15) is 0 Å². The molecule has 3 atom stereocenters. The standard InChI is InChI=1S/C23H27FN2O5S/c24-18-5-8-20(9-6-18)32(29,30)25-21-10-7-19(31-22(21)15-27)13-23(28)26-12-11-16-3-1-2-4-17(16)14-26/h1-6,8-9,19,21-22,25,27H,7,10-15H2/t19-,21+,22+/m0/s1. The van der Waals surface area contributed by atoms with Crippen LogP contribution in [0.15, 0.2) is 53.4 Å². The van der Waals surface area contributed by atoms with Crippen molar-refractivity contribution in [3.63, 3.8) is 0 Å². The summed E-state index contributed by atoms with van der Waals surface area (Å²) in [7, 11) is -3.89. The molecule has 2 aromatic carbocycles. The van der Waals surface area contributed by atoms with Crippen LogP contribution >= 0.6 is 0 Å². The summed E-state index contributed by atoms with van der Waals surface area (Å²) in [5.74, 6) is -0.533. The van der Waals surface area contributed by atoms with Gasteiger partial charge in [0.15, 0.2) is 0 Å². The van der Waals surface area contributed by atoms with Crippen molar-refractivity contribution in [2.45, 2.75) is 55.4 Å². The molecular formula is C23H27FN2O5S. The first kappa shape index (κ1) is 22.8. The highest BCUT2D eigenvalue weighted by molar-refractivity contribution is 7.89. The number of halogens is 1. The van der Waals surface area contributed by atoms with Crippen molar-refractivity contribution in [3.05, 3.63) is 65.5 Å². The molecular weight excluding hydrogens is 435 g/mol. The second-order valence-corrected chi connectivity index (χ2v) is 9.99. The SMILES string of the molecule is O=C(C[C@@H]1CC[C@@H](NS(=O)(=O)c2ccc(F)cc2)[C@@H](CO)O1)N1CCc2ccccc2C1. The smallest absolute Gasteiger partial charge is 0.240 e. The monoisotopic (exact) mass is 462 g/mol. The second-order valence-electron chi connectivity index (χ2n) is 8.28. The first-order chi connectivity index (χ1) is 15.4. The highest BCUT2D eigenvalue weighted by Gasteiger charge is 2.35. The Morgan fingerprint density at radius 1 is 1.12 bits per heavy atom. The third kappa shape index (κ3) is 5.17. The van der Waals surface area contributed by atoms with Gasteiger partial charge in [-0.3, -0.25) is 4.79 Å². The molecule has 9 heteroatoms. The van der Waals surface area contributed by atoms with E-state index in [1.54, 1.807) is 0 Å². The zero-order valence-electron chi connectivity index (χ0n) is 17.6. The average Bonchev–Trinajstić information content (AvgIpc) is 2.79. The Morgan fingerprint density at radius 2 is 1.84 bits per heavy atom. The molecule has 32 heavy (non-hydrogen) atoms. The van der Waals surface area contributed by atoms with Crippen LogP contribution in [0.25, 0.3) is 0 Å². The zero-order chi connectivity index (χ0) is 22.7. The second kappa shape index (κ2) is 9.66. The minimum Gasteiger partial charge on any atom is -0.394 e. The van der Waals surface area contributed by atoms with Crippen LogP contribution in [0.1, 0.15) is 30.4 Å². The fourth-order valence-corrected chi connectivity index (χ4v) is 5.63. The van der Waals surface area contributed by atoms with Gasteiger partial charge in [0, 0.05) is 13.1 Å². The van der Waals surface area contributed by atoms with Gasteiger partial charge in [0.1, 0.15) is 5.82 Å². The molecule has 0 saturated carbocycles. The maximum atomic E-state index is 13.1. The molecule has 172 valence electrons. The highest BCUT2D eigenvalue weighted by Crippen LogP contribution is 2.26. The number of ether oxygens (including phenoxy) is 1. The van der Waals surface area contributed by atoms with Crippen LogP contribution in [-0.2, 0) is 32.5 Å². The predicted octanol–water partition coefficient (Wildman–Crippen LogP) is 1.99. The number of hydrogen-bond acceptors (Lipinski definition) is 5. The quantitative estimate of drug-likeness (QED) is 0.685. The molecule has 2 N–H and O–H groups in total. The van der Waals surface area contributed by atoms with E-state index in [4.69, 9.17) is 4.74 Å². The molecule has 0 aliphatic carbocycles. The minimum absolute atomic E-state index is 0.00784. The van der Waals surface area contributed by atoms with Gasteiger partial charge in [-0.25, -0.2) is 17.5 Å². The molecule has 1 fully saturated rings. The lowest BCUT2D eigenvalue weighted by Crippen LogP contribution is -2.51. The summed E-state index contributed by atoms with van der Waals surface area (Å²) in [6, 6.07) is 12.0. The van der Waals surface area contributed by atoms with Crippen molar-refractivity contribution in [2.24, 2.45) is 0 Å². The molecule has 0 bridgehead atoms. The number of carbonyl (C=O) groups excluding carboxylic acids is 1. The van der Waals surface area contributed by atoms with Crippen molar-refractivity contribution in [1.82, 2.24) is 9.62 Å². The van der Waals surface area contributed by atoms with Crippen LogP contribution in [0, 0.1) is 5.82 Å². The Morgan fingerprint density at radius 3 is 2.56 bits per heavy atom. The van der Waals surface area contributed by atoms with Gasteiger partial charge in [-0.15, -0.1) is 0 Å². The van der Waals surface area contributed by atoms with Gasteiger partial charge in [0.05, 0.1) is 36.2 Å². The molecule has 4 rings (SSSR count). The van der Waals surface area contributed by atoms with Gasteiger partial charge in [-0.1, -0.05) is 24.3 Å². The third-order valence-electron chi connectivity index (χ3n) is 6.11. The normalized spacial score (nSPS) is 23.6. The lowest BCUT2D eigenvalue weighted by atomic mass is 9.96. The lowest BCUT2D eigenvalue weighted by Gasteiger charge is -2.37. The molecule has 0 radical (unpaired) electrons. The number of rotatable bonds is 6. The molecule has 1 saturated heterocycles. The molecule has 0 spiro atoms. The summed E-state index contributed by atoms with van der Waals surface area (Å²) in [6.07, 6.45) is 0.772. The van der Waals surface area contributed by atoms with E-state index in [-0.39, 0.29) is 29.9 Å². The van der Waals surface area contributed by atoms with Crippen molar-refractivity contribution in [1.29, 1.82) is 0 Å². The summed E-state index contributed by atoms with van der Waals surface area (Å²) >= 11 is 0. The van der Waals surface area contributed by atoms with Gasteiger partial charge >= 0.3 is 0 Å². The third-order valence-corrected chi connectivity index (χ3v) is 7.62. The topological polar surface area (TPSA) is 95.9 Å². The maximum Gasteiger partial charge on any atom is 0.240 e. The average molecular weight is 463 g/mol. The number of fused-ring (bicyclic) bond motifs is 1. The Kier molecular flexibility index (Phi) is 6.90. The number of nitrogens with zero attached hydrogens (tertiary/aromatic N) is 1. The van der Waals surface area contributed by atoms with Crippen LogP contribution in [0.5, 0.6) is 0 Å². The Balaban J connectivity index is 1.34. The van der Waals surface area contributed by atoms with E-state index in [0.717, 1.165) is 24.1 Å². The minimum atomic E-state index is -3.89. The van der Waals surface area contributed by atoms with E-state index in [0.29, 0.717) is 25.9 Å². The summed E-state index contributed by atoms with van der Waals surface area (Å²) < 4.78 is 46.8. The van der Waals surface area contributed by atoms with Crippen LogP contribution in [-0.4, -0.2) is 55.7 Å². The number of aliphatic hydroxyl groups excluding tert-OH is 1. The highest BCUT2D eigenvalue weighted by atomic mass is 32.2. The van der Waals surface area contributed by atoms with E-state index in [1.165, 1.54) is 17.7 Å². The van der Waals surface area contributed by atoms with Crippen molar-refractivity contribution < 1.29 is 27.4 Å². The molecule has 7 nitrogen and oxygen atoms in total. The number of nitrogens with one attached hydrogen (secondary N) is 1. The van der Waals surface area contributed by atoms with E-state index >= 15 is 0 Å². The summed E-state index contributed by atoms with van der Waals surface area (Å²) in [5.41, 5.74) is 2.42. The zero-order valence-corrected chi connectivity index (χ0v) is 18.4. The van der Waals surface area contributed by atoms with Gasteiger partial charge in [-0.05, 0) is 54.7 Å². The largest absolute Gasteiger partial charge is 0.394 e. The lowest BCUT2D eigenvalue weighted by molar-refractivity contribution is -0.140. The van der Waals surface area contributed by atoms with Crippen LogP contribution < -0.4 is 4.72 Å².